The van der Waals surface area contributed by atoms with E-state index in [0.29, 0.717) is 8.17 Å². The van der Waals surface area contributed by atoms with Gasteiger partial charge in [0, 0.05) is 15.7 Å². The van der Waals surface area contributed by atoms with Crippen molar-refractivity contribution in [3.63, 3.8) is 0 Å². The SMILES string of the molecule is NCc1c(I)cc(C(F)F)nc1Br. The van der Waals surface area contributed by atoms with E-state index in [1.807, 2.05) is 22.6 Å². The van der Waals surface area contributed by atoms with Crippen LogP contribution in [-0.2, 0) is 6.54 Å². The van der Waals surface area contributed by atoms with Crippen LogP contribution in [0, 0.1) is 3.57 Å². The molecule has 13 heavy (non-hydrogen) atoms. The first kappa shape index (κ1) is 11.3. The van der Waals surface area contributed by atoms with Gasteiger partial charge in [0.05, 0.1) is 0 Å². The minimum absolute atomic E-state index is 0.228. The van der Waals surface area contributed by atoms with Crippen molar-refractivity contribution in [2.75, 3.05) is 0 Å². The molecule has 0 spiro atoms. The lowest BCUT2D eigenvalue weighted by atomic mass is 10.2. The normalized spacial score (nSPS) is 10.9. The average Bonchev–Trinajstić information content (AvgIpc) is 2.03. The zero-order chi connectivity index (χ0) is 10.0. The van der Waals surface area contributed by atoms with E-state index in [1.165, 1.54) is 6.07 Å². The summed E-state index contributed by atoms with van der Waals surface area (Å²) in [6.07, 6.45) is -2.54. The molecule has 0 aliphatic carbocycles. The van der Waals surface area contributed by atoms with Gasteiger partial charge in [-0.25, -0.2) is 13.8 Å². The topological polar surface area (TPSA) is 38.9 Å². The predicted molar refractivity (Wildman–Crippen MR) is 57.5 cm³/mol. The Labute approximate surface area is 96.2 Å². The smallest absolute Gasteiger partial charge is 0.280 e. The third kappa shape index (κ3) is 2.57. The van der Waals surface area contributed by atoms with Crippen LogP contribution in [0.2, 0.25) is 0 Å². The first-order chi connectivity index (χ1) is 6.06. The summed E-state index contributed by atoms with van der Waals surface area (Å²) in [7, 11) is 0. The van der Waals surface area contributed by atoms with Crippen LogP contribution in [0.3, 0.4) is 0 Å². The molecular weight excluding hydrogens is 357 g/mol. The van der Waals surface area contributed by atoms with Crippen LogP contribution in [0.4, 0.5) is 8.78 Å². The number of alkyl halides is 2. The number of aromatic nitrogens is 1. The summed E-state index contributed by atoms with van der Waals surface area (Å²) in [6.45, 7) is 0.287. The van der Waals surface area contributed by atoms with Crippen molar-refractivity contribution in [1.29, 1.82) is 0 Å². The average molecular weight is 363 g/mol. The van der Waals surface area contributed by atoms with Gasteiger partial charge in [-0.15, -0.1) is 0 Å². The lowest BCUT2D eigenvalue weighted by Crippen LogP contribution is -2.04. The number of halogens is 4. The van der Waals surface area contributed by atoms with Crippen LogP contribution in [0.5, 0.6) is 0 Å². The Morgan fingerprint density at radius 1 is 1.62 bits per heavy atom. The van der Waals surface area contributed by atoms with Crippen molar-refractivity contribution in [2.45, 2.75) is 13.0 Å². The van der Waals surface area contributed by atoms with Crippen molar-refractivity contribution in [2.24, 2.45) is 5.73 Å². The maximum Gasteiger partial charge on any atom is 0.280 e. The van der Waals surface area contributed by atoms with Gasteiger partial charge in [0.1, 0.15) is 10.3 Å². The van der Waals surface area contributed by atoms with Gasteiger partial charge >= 0.3 is 0 Å². The van der Waals surface area contributed by atoms with E-state index in [0.717, 1.165) is 5.56 Å². The quantitative estimate of drug-likeness (QED) is 0.649. The molecule has 2 N–H and O–H groups in total. The van der Waals surface area contributed by atoms with Crippen LogP contribution in [0.25, 0.3) is 0 Å². The van der Waals surface area contributed by atoms with E-state index in [9.17, 15) is 8.78 Å². The van der Waals surface area contributed by atoms with Crippen LogP contribution >= 0.6 is 38.5 Å². The van der Waals surface area contributed by atoms with Crippen LogP contribution < -0.4 is 5.73 Å². The fraction of sp³-hybridized carbons (Fsp3) is 0.286. The minimum atomic E-state index is -2.54. The van der Waals surface area contributed by atoms with Gasteiger partial charge < -0.3 is 5.73 Å². The summed E-state index contributed by atoms with van der Waals surface area (Å²) in [4.78, 5) is 3.69. The summed E-state index contributed by atoms with van der Waals surface area (Å²) in [6, 6.07) is 1.35. The van der Waals surface area contributed by atoms with Crippen LogP contribution in [0.1, 0.15) is 17.7 Å². The van der Waals surface area contributed by atoms with Crippen molar-refractivity contribution >= 4 is 38.5 Å². The standard InChI is InChI=1S/C7H6BrF2IN2/c8-6-3(2-12)4(11)1-5(13-6)7(9)10/h1,7H,2,12H2. The Hall–Kier alpha value is 0.180. The number of hydrogen-bond acceptors (Lipinski definition) is 2. The molecule has 0 radical (unpaired) electrons. The van der Waals surface area contributed by atoms with Crippen LogP contribution in [-0.4, -0.2) is 4.98 Å². The molecule has 1 rings (SSSR count). The molecule has 1 heterocycles. The summed E-state index contributed by atoms with van der Waals surface area (Å²) in [5.74, 6) is 0. The Bertz CT molecular complexity index is 296. The van der Waals surface area contributed by atoms with E-state index in [-0.39, 0.29) is 12.2 Å². The van der Waals surface area contributed by atoms with Crippen LogP contribution in [0.15, 0.2) is 10.7 Å². The predicted octanol–water partition coefficient (Wildman–Crippen LogP) is 2.85. The molecule has 1 aromatic rings. The molecule has 72 valence electrons. The maximum atomic E-state index is 12.2. The number of nitrogens with two attached hydrogens (primary N) is 1. The molecule has 0 aromatic carbocycles. The molecule has 0 fully saturated rings. The van der Waals surface area contributed by atoms with Gasteiger partial charge in [-0.2, -0.15) is 0 Å². The van der Waals surface area contributed by atoms with Crippen molar-refractivity contribution < 1.29 is 8.78 Å². The molecule has 6 heteroatoms. The summed E-state index contributed by atoms with van der Waals surface area (Å²) < 4.78 is 25.6. The second kappa shape index (κ2) is 4.61. The molecule has 0 saturated heterocycles. The van der Waals surface area contributed by atoms with Gasteiger partial charge in [0.25, 0.3) is 6.43 Å². The monoisotopic (exact) mass is 362 g/mol. The third-order valence-electron chi connectivity index (χ3n) is 1.47. The van der Waals surface area contributed by atoms with E-state index in [4.69, 9.17) is 5.73 Å². The first-order valence-electron chi connectivity index (χ1n) is 3.39. The summed E-state index contributed by atoms with van der Waals surface area (Å²) >= 11 is 5.06. The largest absolute Gasteiger partial charge is 0.326 e. The molecule has 0 aliphatic rings. The molecule has 0 atom stereocenters. The van der Waals surface area contributed by atoms with Gasteiger partial charge in [-0.3, -0.25) is 0 Å². The van der Waals surface area contributed by atoms with E-state index >= 15 is 0 Å². The number of nitrogens with zero attached hydrogens (tertiary/aromatic N) is 1. The fourth-order valence-electron chi connectivity index (χ4n) is 0.822. The first-order valence-corrected chi connectivity index (χ1v) is 5.26. The molecule has 0 saturated carbocycles. The zero-order valence-corrected chi connectivity index (χ0v) is 10.1. The molecule has 1 aromatic heterocycles. The second-order valence-electron chi connectivity index (χ2n) is 2.30. The highest BCUT2D eigenvalue weighted by molar-refractivity contribution is 14.1. The number of hydrogen-bond donors (Lipinski definition) is 1. The lowest BCUT2D eigenvalue weighted by molar-refractivity contribution is 0.145. The fourth-order valence-corrected chi connectivity index (χ4v) is 2.57. The minimum Gasteiger partial charge on any atom is -0.326 e. The van der Waals surface area contributed by atoms with E-state index in [2.05, 4.69) is 20.9 Å². The lowest BCUT2D eigenvalue weighted by Gasteiger charge is -2.06. The molecular formula is C7H6BrF2IN2. The molecule has 0 bridgehead atoms. The van der Waals surface area contributed by atoms with Crippen molar-refractivity contribution in [1.82, 2.24) is 4.98 Å². The van der Waals surface area contributed by atoms with E-state index in [1.54, 1.807) is 0 Å². The Morgan fingerprint density at radius 2 is 2.23 bits per heavy atom. The van der Waals surface area contributed by atoms with Crippen molar-refractivity contribution in [3.8, 4) is 0 Å². The van der Waals surface area contributed by atoms with Crippen molar-refractivity contribution in [3.05, 3.63) is 25.5 Å². The molecule has 0 unspecified atom stereocenters. The molecule has 0 amide bonds. The molecule has 2 nitrogen and oxygen atoms in total. The number of rotatable bonds is 2. The Balaban J connectivity index is 3.20. The summed E-state index contributed by atoms with van der Waals surface area (Å²) in [5.41, 5.74) is 5.94. The van der Waals surface area contributed by atoms with Gasteiger partial charge in [0.2, 0.25) is 0 Å². The Kier molecular flexibility index (Phi) is 3.99. The van der Waals surface area contributed by atoms with Gasteiger partial charge in [-0.05, 0) is 44.6 Å². The zero-order valence-electron chi connectivity index (χ0n) is 6.40. The second-order valence-corrected chi connectivity index (χ2v) is 4.22. The van der Waals surface area contributed by atoms with Gasteiger partial charge in [-0.1, -0.05) is 0 Å². The Morgan fingerprint density at radius 3 is 2.62 bits per heavy atom. The van der Waals surface area contributed by atoms with Gasteiger partial charge in [0.15, 0.2) is 0 Å². The number of pyridine rings is 1. The molecule has 0 aliphatic heterocycles. The third-order valence-corrected chi connectivity index (χ3v) is 3.09. The van der Waals surface area contributed by atoms with E-state index < -0.39 is 6.43 Å². The highest BCUT2D eigenvalue weighted by atomic mass is 127. The maximum absolute atomic E-state index is 12.2. The highest BCUT2D eigenvalue weighted by Gasteiger charge is 2.13. The highest BCUT2D eigenvalue weighted by Crippen LogP contribution is 2.25. The summed E-state index contributed by atoms with van der Waals surface area (Å²) in [5, 5.41) is 0.